The Kier molecular flexibility index (Phi) is 6.58. The van der Waals surface area contributed by atoms with Gasteiger partial charge in [-0.15, -0.1) is 0 Å². The third-order valence-corrected chi connectivity index (χ3v) is 7.19. The van der Waals surface area contributed by atoms with E-state index in [0.29, 0.717) is 36.3 Å². The minimum atomic E-state index is -0.0919. The maximum absolute atomic E-state index is 13.7. The summed E-state index contributed by atoms with van der Waals surface area (Å²) >= 11 is 3.49. The number of amides is 1. The Morgan fingerprint density at radius 1 is 1.11 bits per heavy atom. The lowest BCUT2D eigenvalue weighted by atomic mass is 10.1. The van der Waals surface area contributed by atoms with E-state index in [1.165, 1.54) is 6.26 Å². The fraction of sp³-hybridized carbons (Fsp3) is 0.296. The lowest BCUT2D eigenvalue weighted by Crippen LogP contribution is -2.55. The Balaban J connectivity index is 1.53. The van der Waals surface area contributed by atoms with E-state index in [1.807, 2.05) is 53.4 Å². The first-order chi connectivity index (χ1) is 17.0. The van der Waals surface area contributed by atoms with Crippen molar-refractivity contribution in [2.75, 3.05) is 19.6 Å². The normalized spacial score (nSPS) is 17.6. The monoisotopic (exact) mass is 534 g/mol. The fourth-order valence-electron chi connectivity index (χ4n) is 4.93. The van der Waals surface area contributed by atoms with E-state index in [4.69, 9.17) is 9.40 Å². The van der Waals surface area contributed by atoms with E-state index < -0.39 is 0 Å². The molecule has 0 radical (unpaired) electrons. The van der Waals surface area contributed by atoms with Crippen LogP contribution in [0.15, 0.2) is 80.6 Å². The number of hydrogen-bond acceptors (Lipinski definition) is 5. The van der Waals surface area contributed by atoms with Crippen LogP contribution in [0.3, 0.4) is 0 Å². The Hall–Kier alpha value is -3.23. The first kappa shape index (κ1) is 23.5. The van der Waals surface area contributed by atoms with Crippen LogP contribution in [0.5, 0.6) is 0 Å². The minimum Gasteiger partial charge on any atom is -0.459 e. The topological polar surface area (TPSA) is 71.6 Å². The van der Waals surface area contributed by atoms with Crippen LogP contribution >= 0.6 is 15.9 Å². The molecular formula is C27H27BrN4O3. The number of nitrogens with zero attached hydrogens (tertiary/aromatic N) is 4. The summed E-state index contributed by atoms with van der Waals surface area (Å²) in [5, 5.41) is 0.594. The largest absolute Gasteiger partial charge is 0.459 e. The summed E-state index contributed by atoms with van der Waals surface area (Å²) in [5.74, 6) is 0.986. The molecule has 1 amide bonds. The lowest BCUT2D eigenvalue weighted by Gasteiger charge is -2.43. The van der Waals surface area contributed by atoms with Gasteiger partial charge >= 0.3 is 0 Å². The zero-order valence-electron chi connectivity index (χ0n) is 19.7. The van der Waals surface area contributed by atoms with Crippen LogP contribution in [0.25, 0.3) is 16.6 Å². The molecule has 0 saturated carbocycles. The SMILES string of the molecule is CCC(c1nc2ccccc2c(=O)n1-c1ccc(Br)cc1)N1CCN(C(=O)c2ccco2)C(C)C1. The van der Waals surface area contributed by atoms with Gasteiger partial charge in [0, 0.05) is 30.1 Å². The van der Waals surface area contributed by atoms with Crippen molar-refractivity contribution in [1.82, 2.24) is 19.4 Å². The number of carbonyl (C=O) groups excluding carboxylic acids is 1. The van der Waals surface area contributed by atoms with Crippen molar-refractivity contribution in [2.45, 2.75) is 32.4 Å². The standard InChI is InChI=1S/C27H27BrN4O3/c1-3-23(30-14-15-31(18(2)17-30)27(34)24-9-6-16-35-24)25-29-22-8-5-4-7-21(22)26(33)32(25)20-12-10-19(28)11-13-20/h4-13,16,18,23H,3,14-15,17H2,1-2H3. The summed E-state index contributed by atoms with van der Waals surface area (Å²) < 4.78 is 8.02. The van der Waals surface area contributed by atoms with Gasteiger partial charge in [-0.2, -0.15) is 0 Å². The van der Waals surface area contributed by atoms with Crippen LogP contribution < -0.4 is 5.56 Å². The molecule has 2 aromatic heterocycles. The molecule has 0 N–H and O–H groups in total. The van der Waals surface area contributed by atoms with Gasteiger partial charge in [0.25, 0.3) is 11.5 Å². The highest BCUT2D eigenvalue weighted by atomic mass is 79.9. The third kappa shape index (κ3) is 4.44. The van der Waals surface area contributed by atoms with Crippen molar-refractivity contribution in [3.8, 4) is 5.69 Å². The van der Waals surface area contributed by atoms with Gasteiger partial charge in [-0.3, -0.25) is 19.1 Å². The van der Waals surface area contributed by atoms with Gasteiger partial charge in [-0.25, -0.2) is 4.98 Å². The Morgan fingerprint density at radius 3 is 2.57 bits per heavy atom. The summed E-state index contributed by atoms with van der Waals surface area (Å²) in [7, 11) is 0. The second-order valence-corrected chi connectivity index (χ2v) is 9.76. The van der Waals surface area contributed by atoms with Crippen LogP contribution in [0.1, 0.15) is 42.7 Å². The zero-order chi connectivity index (χ0) is 24.5. The van der Waals surface area contributed by atoms with Crippen LogP contribution in [-0.4, -0.2) is 50.9 Å². The van der Waals surface area contributed by atoms with Crippen molar-refractivity contribution >= 4 is 32.7 Å². The molecule has 2 unspecified atom stereocenters. The molecule has 1 aliphatic rings. The van der Waals surface area contributed by atoms with E-state index in [2.05, 4.69) is 34.7 Å². The number of fused-ring (bicyclic) bond motifs is 1. The van der Waals surface area contributed by atoms with Crippen LogP contribution in [0.2, 0.25) is 0 Å². The highest BCUT2D eigenvalue weighted by Crippen LogP contribution is 2.29. The van der Waals surface area contributed by atoms with E-state index in [9.17, 15) is 9.59 Å². The maximum Gasteiger partial charge on any atom is 0.289 e. The molecule has 0 aliphatic carbocycles. The second kappa shape index (κ2) is 9.79. The third-order valence-electron chi connectivity index (χ3n) is 6.66. The fourth-order valence-corrected chi connectivity index (χ4v) is 5.19. The van der Waals surface area contributed by atoms with Crippen molar-refractivity contribution in [3.05, 3.63) is 93.3 Å². The Bertz CT molecular complexity index is 1400. The number of rotatable bonds is 5. The highest BCUT2D eigenvalue weighted by Gasteiger charge is 2.34. The van der Waals surface area contributed by atoms with Gasteiger partial charge in [0.2, 0.25) is 0 Å². The van der Waals surface area contributed by atoms with Crippen LogP contribution in [0, 0.1) is 0 Å². The second-order valence-electron chi connectivity index (χ2n) is 8.85. The number of hydrogen-bond donors (Lipinski definition) is 0. The molecule has 1 fully saturated rings. The number of carbonyl (C=O) groups is 1. The molecule has 1 saturated heterocycles. The number of benzene rings is 2. The maximum atomic E-state index is 13.7. The van der Waals surface area contributed by atoms with Gasteiger partial charge in [0.1, 0.15) is 5.82 Å². The molecule has 3 heterocycles. The summed E-state index contributed by atoms with van der Waals surface area (Å²) in [4.78, 5) is 35.8. The first-order valence-electron chi connectivity index (χ1n) is 11.8. The summed E-state index contributed by atoms with van der Waals surface area (Å²) in [6, 6.07) is 18.6. The van der Waals surface area contributed by atoms with Crippen molar-refractivity contribution < 1.29 is 9.21 Å². The van der Waals surface area contributed by atoms with Gasteiger partial charge < -0.3 is 9.32 Å². The molecule has 1 aliphatic heterocycles. The summed E-state index contributed by atoms with van der Waals surface area (Å²) in [6.07, 6.45) is 2.30. The average molecular weight is 535 g/mol. The lowest BCUT2D eigenvalue weighted by molar-refractivity contribution is 0.0340. The smallest absolute Gasteiger partial charge is 0.289 e. The molecule has 8 heteroatoms. The molecule has 2 atom stereocenters. The predicted molar refractivity (Wildman–Crippen MR) is 139 cm³/mol. The Labute approximate surface area is 212 Å². The number of halogens is 1. The molecule has 0 spiro atoms. The van der Waals surface area contributed by atoms with E-state index in [0.717, 1.165) is 22.4 Å². The van der Waals surface area contributed by atoms with E-state index in [1.54, 1.807) is 16.7 Å². The van der Waals surface area contributed by atoms with Gasteiger partial charge in [-0.05, 0) is 61.9 Å². The summed E-state index contributed by atoms with van der Waals surface area (Å²) in [5.41, 5.74) is 1.40. The minimum absolute atomic E-state index is 0.0105. The van der Waals surface area contributed by atoms with E-state index >= 15 is 0 Å². The van der Waals surface area contributed by atoms with E-state index in [-0.39, 0.29) is 23.6 Å². The molecule has 2 aromatic carbocycles. The molecule has 0 bridgehead atoms. The Morgan fingerprint density at radius 2 is 1.89 bits per heavy atom. The molecule has 4 aromatic rings. The molecule has 35 heavy (non-hydrogen) atoms. The number of para-hydroxylation sites is 1. The molecular weight excluding hydrogens is 508 g/mol. The average Bonchev–Trinajstić information content (AvgIpc) is 3.41. The zero-order valence-corrected chi connectivity index (χ0v) is 21.3. The predicted octanol–water partition coefficient (Wildman–Crippen LogP) is 5.04. The highest BCUT2D eigenvalue weighted by molar-refractivity contribution is 9.10. The van der Waals surface area contributed by atoms with Crippen molar-refractivity contribution in [1.29, 1.82) is 0 Å². The van der Waals surface area contributed by atoms with Gasteiger partial charge in [0.15, 0.2) is 5.76 Å². The number of piperazine rings is 1. The number of aromatic nitrogens is 2. The van der Waals surface area contributed by atoms with Gasteiger partial charge in [-0.1, -0.05) is 35.0 Å². The van der Waals surface area contributed by atoms with Crippen molar-refractivity contribution in [3.63, 3.8) is 0 Å². The van der Waals surface area contributed by atoms with Crippen LogP contribution in [-0.2, 0) is 0 Å². The number of furan rings is 1. The molecule has 7 nitrogen and oxygen atoms in total. The van der Waals surface area contributed by atoms with Crippen molar-refractivity contribution in [2.24, 2.45) is 0 Å². The first-order valence-corrected chi connectivity index (χ1v) is 12.6. The van der Waals surface area contributed by atoms with Gasteiger partial charge in [0.05, 0.1) is 28.9 Å². The molecule has 5 rings (SSSR count). The molecule has 180 valence electrons. The summed E-state index contributed by atoms with van der Waals surface area (Å²) in [6.45, 7) is 6.10. The quantitative estimate of drug-likeness (QED) is 0.358. The van der Waals surface area contributed by atoms with Crippen LogP contribution in [0.4, 0.5) is 0 Å².